The van der Waals surface area contributed by atoms with Crippen LogP contribution in [0, 0.1) is 0 Å². The predicted molar refractivity (Wildman–Crippen MR) is 118 cm³/mol. The second kappa shape index (κ2) is 9.34. The Hall–Kier alpha value is -2.48. The molecule has 0 N–H and O–H groups in total. The van der Waals surface area contributed by atoms with Gasteiger partial charge in [0, 0.05) is 13.1 Å². The maximum atomic E-state index is 13.2. The molecule has 1 saturated carbocycles. The van der Waals surface area contributed by atoms with E-state index >= 15 is 0 Å². The molecule has 168 valence electrons. The van der Waals surface area contributed by atoms with Crippen LogP contribution in [0.3, 0.4) is 0 Å². The molecular weight excluding hydrogens is 392 g/mol. The molecule has 0 radical (unpaired) electrons. The number of amides is 1. The Bertz CT molecular complexity index is 872. The first kappa shape index (κ1) is 21.7. The number of likely N-dealkylation sites (tertiary alicyclic amines) is 1. The molecule has 1 aromatic carbocycles. The normalized spacial score (nSPS) is 21.9. The summed E-state index contributed by atoms with van der Waals surface area (Å²) in [4.78, 5) is 17.6. The lowest BCUT2D eigenvalue weighted by atomic mass is 9.94. The number of likely N-dealkylation sites (N-methyl/N-ethyl adjacent to an activating group) is 1. The summed E-state index contributed by atoms with van der Waals surface area (Å²) in [5.41, 5.74) is 0.674. The Balaban J connectivity index is 1.57. The summed E-state index contributed by atoms with van der Waals surface area (Å²) in [6.45, 7) is 7.51. The van der Waals surface area contributed by atoms with Crippen LogP contribution in [-0.2, 0) is 16.8 Å². The van der Waals surface area contributed by atoms with Crippen LogP contribution in [0.5, 0.6) is 5.75 Å². The average molecular weight is 427 g/mol. The number of benzene rings is 1. The van der Waals surface area contributed by atoms with Gasteiger partial charge in [0.15, 0.2) is 5.82 Å². The lowest BCUT2D eigenvalue weighted by molar-refractivity contribution is -0.130. The number of rotatable bonds is 8. The Kier molecular flexibility index (Phi) is 6.55. The van der Waals surface area contributed by atoms with E-state index in [4.69, 9.17) is 4.74 Å². The molecule has 1 aliphatic carbocycles. The summed E-state index contributed by atoms with van der Waals surface area (Å²) >= 11 is 0. The van der Waals surface area contributed by atoms with E-state index in [1.54, 1.807) is 7.11 Å². The third-order valence-electron chi connectivity index (χ3n) is 7.06. The summed E-state index contributed by atoms with van der Waals surface area (Å²) in [5, 5.41) is 13.0. The molecule has 8 nitrogen and oxygen atoms in total. The fraction of sp³-hybridized carbons (Fsp3) is 0.652. The summed E-state index contributed by atoms with van der Waals surface area (Å²) in [6.07, 6.45) is 5.98. The molecule has 2 fully saturated rings. The van der Waals surface area contributed by atoms with Gasteiger partial charge in [-0.1, -0.05) is 38.8 Å². The average Bonchev–Trinajstić information content (AvgIpc) is 3.55. The van der Waals surface area contributed by atoms with Crippen LogP contribution in [0.1, 0.15) is 63.4 Å². The topological polar surface area (TPSA) is 76.4 Å². The molecule has 1 aromatic heterocycles. The van der Waals surface area contributed by atoms with Gasteiger partial charge >= 0.3 is 0 Å². The Morgan fingerprint density at radius 1 is 1.19 bits per heavy atom. The fourth-order valence-corrected chi connectivity index (χ4v) is 5.34. The van der Waals surface area contributed by atoms with Gasteiger partial charge in [-0.15, -0.1) is 5.10 Å². The first-order valence-corrected chi connectivity index (χ1v) is 11.6. The highest BCUT2D eigenvalue weighted by Crippen LogP contribution is 2.40. The molecule has 4 rings (SSSR count). The van der Waals surface area contributed by atoms with Gasteiger partial charge in [0.1, 0.15) is 11.3 Å². The number of tetrazole rings is 1. The van der Waals surface area contributed by atoms with Gasteiger partial charge in [0.2, 0.25) is 5.91 Å². The minimum Gasteiger partial charge on any atom is -0.497 e. The molecule has 8 heteroatoms. The zero-order valence-corrected chi connectivity index (χ0v) is 19.0. The van der Waals surface area contributed by atoms with Gasteiger partial charge in [-0.05, 0) is 60.5 Å². The molecule has 0 spiro atoms. The highest BCUT2D eigenvalue weighted by atomic mass is 16.5. The Morgan fingerprint density at radius 2 is 1.90 bits per heavy atom. The highest BCUT2D eigenvalue weighted by Gasteiger charge is 2.49. The monoisotopic (exact) mass is 426 g/mol. The van der Waals surface area contributed by atoms with Crippen LogP contribution < -0.4 is 4.74 Å². The van der Waals surface area contributed by atoms with Crippen molar-refractivity contribution in [2.45, 2.75) is 64.0 Å². The van der Waals surface area contributed by atoms with E-state index in [-0.39, 0.29) is 11.4 Å². The number of nitrogens with zero attached hydrogens (tertiary/aromatic N) is 6. The Labute approximate surface area is 184 Å². The SMILES string of the molecule is CCN(CC)C1(c2nnnn2C2CCCC2)CCN(C(=O)Cc2ccc(OC)cc2)C1. The summed E-state index contributed by atoms with van der Waals surface area (Å²) in [7, 11) is 1.65. The zero-order valence-electron chi connectivity index (χ0n) is 19.0. The van der Waals surface area contributed by atoms with Gasteiger partial charge < -0.3 is 9.64 Å². The van der Waals surface area contributed by atoms with Crippen LogP contribution in [-0.4, -0.2) is 69.2 Å². The van der Waals surface area contributed by atoms with Gasteiger partial charge in [-0.25, -0.2) is 4.68 Å². The molecule has 31 heavy (non-hydrogen) atoms. The molecule has 2 heterocycles. The van der Waals surface area contributed by atoms with E-state index in [0.29, 0.717) is 19.0 Å². The van der Waals surface area contributed by atoms with E-state index in [0.717, 1.165) is 56.0 Å². The van der Waals surface area contributed by atoms with Gasteiger partial charge in [0.25, 0.3) is 0 Å². The minimum atomic E-state index is -0.328. The lowest BCUT2D eigenvalue weighted by Gasteiger charge is -2.39. The van der Waals surface area contributed by atoms with Crippen molar-refractivity contribution in [3.63, 3.8) is 0 Å². The minimum absolute atomic E-state index is 0.152. The van der Waals surface area contributed by atoms with Crippen molar-refractivity contribution in [3.05, 3.63) is 35.7 Å². The molecular formula is C23H34N6O2. The molecule has 1 saturated heterocycles. The quantitative estimate of drug-likeness (QED) is 0.646. The highest BCUT2D eigenvalue weighted by molar-refractivity contribution is 5.79. The second-order valence-electron chi connectivity index (χ2n) is 8.68. The number of carbonyl (C=O) groups excluding carboxylic acids is 1. The third kappa shape index (κ3) is 4.18. The van der Waals surface area contributed by atoms with E-state index in [9.17, 15) is 4.79 Å². The molecule has 1 unspecified atom stereocenters. The second-order valence-corrected chi connectivity index (χ2v) is 8.68. The van der Waals surface area contributed by atoms with Gasteiger partial charge in [-0.3, -0.25) is 9.69 Å². The van der Waals surface area contributed by atoms with Crippen molar-refractivity contribution in [3.8, 4) is 5.75 Å². The number of ether oxygens (including phenoxy) is 1. The van der Waals surface area contributed by atoms with Gasteiger partial charge in [0.05, 0.1) is 19.6 Å². The van der Waals surface area contributed by atoms with Gasteiger partial charge in [-0.2, -0.15) is 0 Å². The van der Waals surface area contributed by atoms with Crippen molar-refractivity contribution in [1.82, 2.24) is 30.0 Å². The summed E-state index contributed by atoms with van der Waals surface area (Å²) in [6, 6.07) is 8.11. The van der Waals surface area contributed by atoms with E-state index in [1.807, 2.05) is 29.2 Å². The van der Waals surface area contributed by atoms with Crippen LogP contribution in [0.25, 0.3) is 0 Å². The molecule has 2 aliphatic rings. The maximum absolute atomic E-state index is 13.2. The van der Waals surface area contributed by atoms with Crippen molar-refractivity contribution in [2.24, 2.45) is 0 Å². The number of hydrogen-bond donors (Lipinski definition) is 0. The van der Waals surface area contributed by atoms with Crippen molar-refractivity contribution in [1.29, 1.82) is 0 Å². The van der Waals surface area contributed by atoms with Crippen molar-refractivity contribution < 1.29 is 9.53 Å². The smallest absolute Gasteiger partial charge is 0.227 e. The molecule has 0 bridgehead atoms. The predicted octanol–water partition coefficient (Wildman–Crippen LogP) is 2.81. The number of aromatic nitrogens is 4. The fourth-order valence-electron chi connectivity index (χ4n) is 5.34. The maximum Gasteiger partial charge on any atom is 0.227 e. The van der Waals surface area contributed by atoms with Crippen LogP contribution >= 0.6 is 0 Å². The van der Waals surface area contributed by atoms with Crippen molar-refractivity contribution in [2.75, 3.05) is 33.3 Å². The van der Waals surface area contributed by atoms with Crippen LogP contribution in [0.4, 0.5) is 0 Å². The van der Waals surface area contributed by atoms with E-state index in [1.165, 1.54) is 12.8 Å². The number of carbonyl (C=O) groups is 1. The van der Waals surface area contributed by atoms with Crippen LogP contribution in [0.2, 0.25) is 0 Å². The number of methoxy groups -OCH3 is 1. The molecule has 2 aromatic rings. The summed E-state index contributed by atoms with van der Waals surface area (Å²) in [5.74, 6) is 1.89. The lowest BCUT2D eigenvalue weighted by Crippen LogP contribution is -2.50. The number of hydrogen-bond acceptors (Lipinski definition) is 6. The van der Waals surface area contributed by atoms with Crippen LogP contribution in [0.15, 0.2) is 24.3 Å². The Morgan fingerprint density at radius 3 is 2.55 bits per heavy atom. The standard InChI is InChI=1S/C23H34N6O2/c1-4-28(5-2)23(22-24-25-26-29(22)19-8-6-7-9-19)14-15-27(17-23)21(30)16-18-10-12-20(31-3)13-11-18/h10-13,19H,4-9,14-17H2,1-3H3. The first-order valence-electron chi connectivity index (χ1n) is 11.6. The molecule has 1 amide bonds. The largest absolute Gasteiger partial charge is 0.497 e. The molecule has 1 atom stereocenters. The summed E-state index contributed by atoms with van der Waals surface area (Å²) < 4.78 is 7.30. The van der Waals surface area contributed by atoms with Crippen molar-refractivity contribution >= 4 is 5.91 Å². The zero-order chi connectivity index (χ0) is 21.8. The third-order valence-corrected chi connectivity index (χ3v) is 7.06. The first-order chi connectivity index (χ1) is 15.1. The van der Waals surface area contributed by atoms with E-state index < -0.39 is 0 Å². The molecule has 1 aliphatic heterocycles. The van der Waals surface area contributed by atoms with E-state index in [2.05, 4.69) is 39.0 Å².